The predicted molar refractivity (Wildman–Crippen MR) is 76.7 cm³/mol. The summed E-state index contributed by atoms with van der Waals surface area (Å²) in [5, 5.41) is 5.76. The molecule has 1 aliphatic carbocycles. The molecule has 1 atom stereocenters. The first kappa shape index (κ1) is 13.1. The van der Waals surface area contributed by atoms with Crippen LogP contribution in [0.2, 0.25) is 0 Å². The summed E-state index contributed by atoms with van der Waals surface area (Å²) < 4.78 is 0. The second kappa shape index (κ2) is 7.17. The molecule has 0 spiro atoms. The number of hydrogen-bond acceptors (Lipinski definition) is 2. The Morgan fingerprint density at radius 2 is 2.06 bits per heavy atom. The fraction of sp³-hybridized carbons (Fsp3) is 0.733. The topological polar surface area (TPSA) is 12.0 Å². The van der Waals surface area contributed by atoms with E-state index in [4.69, 9.17) is 0 Å². The molecule has 0 bridgehead atoms. The molecular weight excluding hydrogens is 226 g/mol. The maximum atomic E-state index is 3.57. The van der Waals surface area contributed by atoms with E-state index in [9.17, 15) is 0 Å². The first-order valence-corrected chi connectivity index (χ1v) is 7.98. The zero-order valence-corrected chi connectivity index (χ0v) is 11.8. The maximum absolute atomic E-state index is 3.57. The summed E-state index contributed by atoms with van der Waals surface area (Å²) in [6, 6.07) is 5.17. The fourth-order valence-electron chi connectivity index (χ4n) is 3.08. The summed E-state index contributed by atoms with van der Waals surface area (Å²) >= 11 is 1.90. The molecule has 17 heavy (non-hydrogen) atoms. The van der Waals surface area contributed by atoms with Gasteiger partial charge in [-0.25, -0.2) is 0 Å². The van der Waals surface area contributed by atoms with Crippen molar-refractivity contribution in [3.63, 3.8) is 0 Å². The van der Waals surface area contributed by atoms with Crippen molar-refractivity contribution >= 4 is 11.3 Å². The van der Waals surface area contributed by atoms with Crippen molar-refractivity contribution in [2.45, 2.75) is 57.4 Å². The highest BCUT2D eigenvalue weighted by molar-refractivity contribution is 7.09. The minimum atomic E-state index is 0.732. The third-order valence-electron chi connectivity index (χ3n) is 4.12. The van der Waals surface area contributed by atoms with Crippen LogP contribution in [0.25, 0.3) is 0 Å². The largest absolute Gasteiger partial charge is 0.317 e. The minimum absolute atomic E-state index is 0.732. The Balaban J connectivity index is 1.82. The van der Waals surface area contributed by atoms with Gasteiger partial charge in [-0.1, -0.05) is 31.7 Å². The van der Waals surface area contributed by atoms with Gasteiger partial charge >= 0.3 is 0 Å². The van der Waals surface area contributed by atoms with Gasteiger partial charge in [0, 0.05) is 10.9 Å². The lowest BCUT2D eigenvalue weighted by molar-refractivity contribution is 0.320. The van der Waals surface area contributed by atoms with Gasteiger partial charge in [-0.15, -0.1) is 11.3 Å². The van der Waals surface area contributed by atoms with E-state index in [1.807, 2.05) is 11.3 Å². The van der Waals surface area contributed by atoms with Crippen molar-refractivity contribution in [2.75, 3.05) is 7.05 Å². The molecule has 1 unspecified atom stereocenters. The van der Waals surface area contributed by atoms with Gasteiger partial charge in [-0.3, -0.25) is 0 Å². The lowest BCUT2D eigenvalue weighted by Gasteiger charge is -2.25. The third-order valence-corrected chi connectivity index (χ3v) is 5.06. The first-order chi connectivity index (χ1) is 8.40. The van der Waals surface area contributed by atoms with Crippen LogP contribution in [0.3, 0.4) is 0 Å². The van der Waals surface area contributed by atoms with E-state index in [0.717, 1.165) is 12.0 Å². The van der Waals surface area contributed by atoms with Crippen LogP contribution < -0.4 is 5.32 Å². The van der Waals surface area contributed by atoms with Crippen molar-refractivity contribution in [1.29, 1.82) is 0 Å². The van der Waals surface area contributed by atoms with E-state index < -0.39 is 0 Å². The molecule has 96 valence electrons. The average molecular weight is 251 g/mol. The van der Waals surface area contributed by atoms with Crippen LogP contribution in [-0.4, -0.2) is 13.1 Å². The SMILES string of the molecule is CNC(CCc1cccs1)C1CCCCCC1. The second-order valence-electron chi connectivity index (χ2n) is 5.26. The number of hydrogen-bond donors (Lipinski definition) is 1. The molecule has 1 N–H and O–H groups in total. The molecule has 2 rings (SSSR count). The van der Waals surface area contributed by atoms with Crippen LogP contribution in [0.4, 0.5) is 0 Å². The Hall–Kier alpha value is -0.340. The predicted octanol–water partition coefficient (Wildman–Crippen LogP) is 4.24. The molecule has 2 heteroatoms. The average Bonchev–Trinajstić information content (AvgIpc) is 2.72. The normalized spacial score (nSPS) is 20.1. The standard InChI is InChI=1S/C15H25NS/c1-16-15(11-10-14-9-6-12-17-14)13-7-4-2-3-5-8-13/h6,9,12-13,15-16H,2-5,7-8,10-11H2,1H3. The van der Waals surface area contributed by atoms with Crippen LogP contribution in [0, 0.1) is 5.92 Å². The zero-order valence-electron chi connectivity index (χ0n) is 11.0. The third kappa shape index (κ3) is 4.11. The second-order valence-corrected chi connectivity index (χ2v) is 6.30. The van der Waals surface area contributed by atoms with Crippen molar-refractivity contribution in [3.8, 4) is 0 Å². The molecule has 1 heterocycles. The molecule has 0 radical (unpaired) electrons. The Morgan fingerprint density at radius 1 is 1.29 bits per heavy atom. The Bertz CT molecular complexity index is 286. The molecule has 0 amide bonds. The molecule has 1 saturated carbocycles. The van der Waals surface area contributed by atoms with Gasteiger partial charge in [0.25, 0.3) is 0 Å². The number of nitrogens with one attached hydrogen (secondary N) is 1. The number of thiophene rings is 1. The molecule has 0 aliphatic heterocycles. The summed E-state index contributed by atoms with van der Waals surface area (Å²) in [7, 11) is 2.14. The number of aryl methyl sites for hydroxylation is 1. The van der Waals surface area contributed by atoms with Gasteiger partial charge < -0.3 is 5.32 Å². The van der Waals surface area contributed by atoms with Crippen LogP contribution in [0.1, 0.15) is 49.8 Å². The smallest absolute Gasteiger partial charge is 0.00957 e. The van der Waals surface area contributed by atoms with E-state index in [-0.39, 0.29) is 0 Å². The molecular formula is C15H25NS. The van der Waals surface area contributed by atoms with Gasteiger partial charge in [-0.2, -0.15) is 0 Å². The molecule has 1 aromatic heterocycles. The molecule has 0 saturated heterocycles. The van der Waals surface area contributed by atoms with Gasteiger partial charge in [-0.05, 0) is 50.1 Å². The van der Waals surface area contributed by atoms with Crippen molar-refractivity contribution in [1.82, 2.24) is 5.32 Å². The van der Waals surface area contributed by atoms with Crippen molar-refractivity contribution in [3.05, 3.63) is 22.4 Å². The summed E-state index contributed by atoms with van der Waals surface area (Å²) in [6.45, 7) is 0. The van der Waals surface area contributed by atoms with Crippen molar-refractivity contribution < 1.29 is 0 Å². The van der Waals surface area contributed by atoms with E-state index in [0.29, 0.717) is 0 Å². The molecule has 1 nitrogen and oxygen atoms in total. The highest BCUT2D eigenvalue weighted by atomic mass is 32.1. The quantitative estimate of drug-likeness (QED) is 0.772. The van der Waals surface area contributed by atoms with Crippen LogP contribution in [0.15, 0.2) is 17.5 Å². The van der Waals surface area contributed by atoms with Crippen molar-refractivity contribution in [2.24, 2.45) is 5.92 Å². The Morgan fingerprint density at radius 3 is 2.65 bits per heavy atom. The summed E-state index contributed by atoms with van der Waals surface area (Å²) in [4.78, 5) is 1.54. The molecule has 0 aromatic carbocycles. The van der Waals surface area contributed by atoms with Crippen LogP contribution in [-0.2, 0) is 6.42 Å². The van der Waals surface area contributed by atoms with Gasteiger partial charge in [0.05, 0.1) is 0 Å². The molecule has 1 aromatic rings. The molecule has 1 aliphatic rings. The Labute approximate surface area is 110 Å². The highest BCUT2D eigenvalue weighted by Crippen LogP contribution is 2.27. The number of rotatable bonds is 5. The lowest BCUT2D eigenvalue weighted by Crippen LogP contribution is -2.33. The summed E-state index contributed by atoms with van der Waals surface area (Å²) in [5.41, 5.74) is 0. The first-order valence-electron chi connectivity index (χ1n) is 7.10. The lowest BCUT2D eigenvalue weighted by atomic mass is 9.89. The highest BCUT2D eigenvalue weighted by Gasteiger charge is 2.21. The van der Waals surface area contributed by atoms with E-state index >= 15 is 0 Å². The Kier molecular flexibility index (Phi) is 5.53. The van der Waals surface area contributed by atoms with Crippen LogP contribution >= 0.6 is 11.3 Å². The van der Waals surface area contributed by atoms with E-state index in [1.165, 1.54) is 51.4 Å². The maximum Gasteiger partial charge on any atom is 0.00957 e. The van der Waals surface area contributed by atoms with Crippen LogP contribution in [0.5, 0.6) is 0 Å². The fourth-order valence-corrected chi connectivity index (χ4v) is 3.81. The minimum Gasteiger partial charge on any atom is -0.317 e. The summed E-state index contributed by atoms with van der Waals surface area (Å²) in [5.74, 6) is 0.919. The monoisotopic (exact) mass is 251 g/mol. The summed E-state index contributed by atoms with van der Waals surface area (Å²) in [6.07, 6.45) is 11.2. The van der Waals surface area contributed by atoms with Gasteiger partial charge in [0.15, 0.2) is 0 Å². The molecule has 1 fully saturated rings. The van der Waals surface area contributed by atoms with Gasteiger partial charge in [0.2, 0.25) is 0 Å². The van der Waals surface area contributed by atoms with E-state index in [2.05, 4.69) is 29.9 Å². The van der Waals surface area contributed by atoms with E-state index in [1.54, 1.807) is 4.88 Å². The zero-order chi connectivity index (χ0) is 11.9. The van der Waals surface area contributed by atoms with Gasteiger partial charge in [0.1, 0.15) is 0 Å².